The monoisotopic (exact) mass is 452 g/mol. The summed E-state index contributed by atoms with van der Waals surface area (Å²) in [7, 11) is 0. The molecule has 1 aliphatic heterocycles. The van der Waals surface area contributed by atoms with Crippen molar-refractivity contribution in [2.75, 3.05) is 13.1 Å². The summed E-state index contributed by atoms with van der Waals surface area (Å²) in [5.74, 6) is 0.466. The zero-order chi connectivity index (χ0) is 22.7. The number of amides is 1. The number of nitrogens with one attached hydrogen (secondary N) is 1. The highest BCUT2D eigenvalue weighted by molar-refractivity contribution is 6.30. The average Bonchev–Trinajstić information content (AvgIpc) is 3.17. The van der Waals surface area contributed by atoms with Crippen LogP contribution in [0, 0.1) is 5.92 Å². The third kappa shape index (κ3) is 5.30. The van der Waals surface area contributed by atoms with E-state index in [1.165, 1.54) is 0 Å². The topological polar surface area (TPSA) is 71.1 Å². The summed E-state index contributed by atoms with van der Waals surface area (Å²) in [6.07, 6.45) is 6.13. The minimum atomic E-state index is -0.471. The molecule has 3 heterocycles. The third-order valence-corrected chi connectivity index (χ3v) is 5.94. The Balaban J connectivity index is 1.52. The molecule has 168 valence electrons. The number of pyridine rings is 1. The normalized spacial score (nSPS) is 15.1. The van der Waals surface area contributed by atoms with Gasteiger partial charge in [0.25, 0.3) is 0 Å². The van der Waals surface area contributed by atoms with Crippen LogP contribution < -0.4 is 0 Å². The van der Waals surface area contributed by atoms with Crippen molar-refractivity contribution < 1.29 is 9.53 Å². The molecule has 0 aliphatic carbocycles. The summed E-state index contributed by atoms with van der Waals surface area (Å²) >= 11 is 6.09. The smallest absolute Gasteiger partial charge is 0.410 e. The number of ether oxygens (including phenoxy) is 1. The largest absolute Gasteiger partial charge is 0.444 e. The van der Waals surface area contributed by atoms with Crippen molar-refractivity contribution in [2.24, 2.45) is 5.92 Å². The Morgan fingerprint density at radius 1 is 1.09 bits per heavy atom. The molecule has 6 nitrogen and oxygen atoms in total. The van der Waals surface area contributed by atoms with Crippen molar-refractivity contribution in [2.45, 2.75) is 45.6 Å². The lowest BCUT2D eigenvalue weighted by atomic mass is 9.89. The van der Waals surface area contributed by atoms with Gasteiger partial charge < -0.3 is 9.64 Å². The SMILES string of the molecule is CC(C)(C)OC(=O)N1CCC(Cc2[nH]nc(-c3ccc(Cl)cc3)c2-c2ccncc2)CC1. The van der Waals surface area contributed by atoms with E-state index in [4.69, 9.17) is 16.3 Å². The van der Waals surface area contributed by atoms with Crippen LogP contribution in [0.5, 0.6) is 0 Å². The van der Waals surface area contributed by atoms with Gasteiger partial charge in [-0.15, -0.1) is 0 Å². The molecule has 1 N–H and O–H groups in total. The fourth-order valence-electron chi connectivity index (χ4n) is 4.11. The maximum Gasteiger partial charge on any atom is 0.410 e. The Morgan fingerprint density at radius 2 is 1.75 bits per heavy atom. The van der Waals surface area contributed by atoms with Gasteiger partial charge in [-0.2, -0.15) is 5.10 Å². The molecule has 0 atom stereocenters. The lowest BCUT2D eigenvalue weighted by Crippen LogP contribution is -2.42. The molecule has 4 rings (SSSR count). The van der Waals surface area contributed by atoms with E-state index in [1.54, 1.807) is 12.4 Å². The Bertz CT molecular complexity index is 1050. The molecular weight excluding hydrogens is 424 g/mol. The Morgan fingerprint density at radius 3 is 2.38 bits per heavy atom. The number of aromatic amines is 1. The molecule has 2 aromatic heterocycles. The second-order valence-corrected chi connectivity index (χ2v) is 9.72. The number of carbonyl (C=O) groups is 1. The number of carbonyl (C=O) groups excluding carboxylic acids is 1. The lowest BCUT2D eigenvalue weighted by molar-refractivity contribution is 0.0184. The summed E-state index contributed by atoms with van der Waals surface area (Å²) < 4.78 is 5.52. The van der Waals surface area contributed by atoms with Crippen molar-refractivity contribution in [1.82, 2.24) is 20.1 Å². The van der Waals surface area contributed by atoms with E-state index in [9.17, 15) is 4.79 Å². The van der Waals surface area contributed by atoms with E-state index in [-0.39, 0.29) is 6.09 Å². The van der Waals surface area contributed by atoms with E-state index in [0.717, 1.165) is 47.3 Å². The fraction of sp³-hybridized carbons (Fsp3) is 0.400. The van der Waals surface area contributed by atoms with Crippen LogP contribution in [-0.2, 0) is 11.2 Å². The van der Waals surface area contributed by atoms with Crippen molar-refractivity contribution in [1.29, 1.82) is 0 Å². The minimum absolute atomic E-state index is 0.222. The predicted octanol–water partition coefficient (Wildman–Crippen LogP) is 5.98. The molecule has 1 amide bonds. The highest BCUT2D eigenvalue weighted by atomic mass is 35.5. The van der Waals surface area contributed by atoms with Crippen LogP contribution in [0.3, 0.4) is 0 Å². The van der Waals surface area contributed by atoms with Gasteiger partial charge in [0.1, 0.15) is 11.3 Å². The molecule has 0 spiro atoms. The number of rotatable bonds is 4. The molecule has 32 heavy (non-hydrogen) atoms. The average molecular weight is 453 g/mol. The van der Waals surface area contributed by atoms with Gasteiger partial charge in [0.05, 0.1) is 0 Å². The van der Waals surface area contributed by atoms with Gasteiger partial charge in [-0.05, 0) is 75.8 Å². The number of hydrogen-bond donors (Lipinski definition) is 1. The number of aromatic nitrogens is 3. The summed E-state index contributed by atoms with van der Waals surface area (Å²) in [6.45, 7) is 7.11. The quantitative estimate of drug-likeness (QED) is 0.528. The molecule has 0 bridgehead atoms. The molecular formula is C25H29ClN4O2. The van der Waals surface area contributed by atoms with E-state index in [1.807, 2.05) is 62.1 Å². The number of H-pyrrole nitrogens is 1. The van der Waals surface area contributed by atoms with Crippen molar-refractivity contribution >= 4 is 17.7 Å². The van der Waals surface area contributed by atoms with E-state index in [2.05, 4.69) is 15.2 Å². The molecule has 3 aromatic rings. The molecule has 1 aliphatic rings. The maximum absolute atomic E-state index is 12.4. The first-order valence-corrected chi connectivity index (χ1v) is 11.4. The highest BCUT2D eigenvalue weighted by Crippen LogP contribution is 2.35. The van der Waals surface area contributed by atoms with Gasteiger partial charge in [-0.3, -0.25) is 10.1 Å². The molecule has 0 unspecified atom stereocenters. The summed E-state index contributed by atoms with van der Waals surface area (Å²) in [6, 6.07) is 11.8. The Hall–Kier alpha value is -2.86. The van der Waals surface area contributed by atoms with Gasteiger partial charge in [0.15, 0.2) is 0 Å². The van der Waals surface area contributed by atoms with E-state index >= 15 is 0 Å². The predicted molar refractivity (Wildman–Crippen MR) is 126 cm³/mol. The number of benzene rings is 1. The zero-order valence-electron chi connectivity index (χ0n) is 18.8. The van der Waals surface area contributed by atoms with Crippen molar-refractivity contribution in [3.05, 3.63) is 59.5 Å². The summed E-state index contributed by atoms with van der Waals surface area (Å²) in [5, 5.41) is 8.66. The standard InChI is InChI=1S/C25H29ClN4O2/c1-25(2,3)32-24(31)30-14-10-17(11-15-30)16-21-22(18-8-12-27-13-9-18)23(29-28-21)19-4-6-20(26)7-5-19/h4-9,12-13,17H,10-11,14-16H2,1-3H3,(H,28,29). The molecule has 1 fully saturated rings. The van der Waals surface area contributed by atoms with E-state index in [0.29, 0.717) is 24.0 Å². The maximum atomic E-state index is 12.4. The number of nitrogens with zero attached hydrogens (tertiary/aromatic N) is 3. The molecule has 0 radical (unpaired) electrons. The molecule has 1 aromatic carbocycles. The van der Waals surface area contributed by atoms with Crippen molar-refractivity contribution in [3.63, 3.8) is 0 Å². The van der Waals surface area contributed by atoms with Crippen LogP contribution in [0.1, 0.15) is 39.3 Å². The fourth-order valence-corrected chi connectivity index (χ4v) is 4.23. The third-order valence-electron chi connectivity index (χ3n) is 5.69. The number of halogens is 1. The van der Waals surface area contributed by atoms with Gasteiger partial charge in [-0.1, -0.05) is 23.7 Å². The minimum Gasteiger partial charge on any atom is -0.444 e. The number of piperidine rings is 1. The van der Waals surface area contributed by atoms with E-state index < -0.39 is 5.60 Å². The Labute approximate surface area is 194 Å². The van der Waals surface area contributed by atoms with Crippen LogP contribution in [0.15, 0.2) is 48.8 Å². The van der Waals surface area contributed by atoms with Crippen LogP contribution in [0.2, 0.25) is 5.02 Å². The second-order valence-electron chi connectivity index (χ2n) is 9.28. The van der Waals surface area contributed by atoms with Gasteiger partial charge in [0, 0.05) is 47.3 Å². The molecule has 0 saturated carbocycles. The lowest BCUT2D eigenvalue weighted by Gasteiger charge is -2.33. The Kier molecular flexibility index (Phi) is 6.51. The van der Waals surface area contributed by atoms with Crippen LogP contribution in [0.4, 0.5) is 4.79 Å². The second kappa shape index (κ2) is 9.33. The molecule has 1 saturated heterocycles. The first kappa shape index (κ1) is 22.3. The zero-order valence-corrected chi connectivity index (χ0v) is 19.5. The van der Waals surface area contributed by atoms with Crippen LogP contribution >= 0.6 is 11.6 Å². The first-order valence-electron chi connectivity index (χ1n) is 11.0. The summed E-state index contributed by atoms with van der Waals surface area (Å²) in [5.41, 5.74) is 4.75. The summed E-state index contributed by atoms with van der Waals surface area (Å²) in [4.78, 5) is 18.4. The van der Waals surface area contributed by atoms with Crippen LogP contribution in [-0.4, -0.2) is 44.9 Å². The number of hydrogen-bond acceptors (Lipinski definition) is 4. The van der Waals surface area contributed by atoms with Gasteiger partial charge in [-0.25, -0.2) is 4.79 Å². The highest BCUT2D eigenvalue weighted by Gasteiger charge is 2.28. The van der Waals surface area contributed by atoms with Crippen molar-refractivity contribution in [3.8, 4) is 22.4 Å². The number of likely N-dealkylation sites (tertiary alicyclic amines) is 1. The first-order chi connectivity index (χ1) is 15.3. The van der Waals surface area contributed by atoms with Crippen LogP contribution in [0.25, 0.3) is 22.4 Å². The van der Waals surface area contributed by atoms with Gasteiger partial charge >= 0.3 is 6.09 Å². The van der Waals surface area contributed by atoms with Gasteiger partial charge in [0.2, 0.25) is 0 Å². The molecule has 7 heteroatoms.